The summed E-state index contributed by atoms with van der Waals surface area (Å²) in [4.78, 5) is 27.6. The maximum absolute atomic E-state index is 12.3. The van der Waals surface area contributed by atoms with E-state index in [4.69, 9.17) is 0 Å². The molecule has 6 aromatic rings. The number of hydrogen-bond acceptors (Lipinski definition) is 6. The molecule has 0 atom stereocenters. The average molecular weight is 1580 g/mol. The van der Waals surface area contributed by atoms with E-state index in [0.29, 0.717) is 10.8 Å². The van der Waals surface area contributed by atoms with E-state index < -0.39 is 0 Å². The lowest BCUT2D eigenvalue weighted by molar-refractivity contribution is 0.0724. The number of piperidine rings is 6. The molecule has 0 unspecified atom stereocenters. The Labute approximate surface area is 711 Å². The van der Waals surface area contributed by atoms with Crippen molar-refractivity contribution in [3.05, 3.63) is 212 Å². The summed E-state index contributed by atoms with van der Waals surface area (Å²) in [5, 5.41) is 0. The predicted octanol–water partition coefficient (Wildman–Crippen LogP) is 26.2. The summed E-state index contributed by atoms with van der Waals surface area (Å²) in [6.07, 6.45) is 32.8. The van der Waals surface area contributed by atoms with Gasteiger partial charge in [-0.1, -0.05) is 291 Å². The lowest BCUT2D eigenvalue weighted by Crippen LogP contribution is -2.44. The Morgan fingerprint density at radius 2 is 0.509 bits per heavy atom. The molecule has 0 bridgehead atoms. The topological polar surface area (TPSA) is 36.5 Å². The Bertz CT molecular complexity index is 3880. The lowest BCUT2D eigenvalue weighted by atomic mass is 9.73. The van der Waals surface area contributed by atoms with Gasteiger partial charge in [-0.25, -0.2) is 0 Å². The van der Waals surface area contributed by atoms with Gasteiger partial charge in [-0.3, -0.25) is 4.79 Å². The standard InChI is InChI=1S/C20H31N.2C19H29N.C18H27N.C17H27N.C16H23NO/c1-20(2,3)18-10-8-16(9-11-18)17-12-14-21(15-13-17)19-6-4-5-7-19;1-18(2,3)15-5-7-16(8-6-15)19(4)11-13-20(14-12-19)17-9-10-17;1-19(2,3)17-9-7-15(8-10-17)16-11-13-20(14-12-16)18-5-4-6-18;1-18(2,3)16-6-4-14(5-7-16)15-10-12-19(13-11-15)17-8-9-17;1-16(2,3)14-6-8-15(9-7-14)17(4)10-12-18(5)13-11-17;1-16(2,3)14-9-7-13(8-10-14)15(18)17-11-5-4-6-12-17/h8-11,17,19H,4-7,12-15H2,1-3H3;5-8,17H,9-14H2,1-4H3;7-10,16,18H,4-6,11-14H2,1-3H3;4-7,15,17H,8-13H2,1-3H3;6-9H,10-13H2,1-5H3;7-10H,4-6,11-12H2,1-3H3. The number of amides is 1. The van der Waals surface area contributed by atoms with Gasteiger partial charge in [0.15, 0.2) is 0 Å². The number of nitrogens with zero attached hydrogens (tertiary/aromatic N) is 6. The molecule has 10 aliphatic rings. The van der Waals surface area contributed by atoms with E-state index in [1.165, 1.54) is 246 Å². The lowest BCUT2D eigenvalue weighted by Gasteiger charge is -2.42. The van der Waals surface area contributed by atoms with Crippen LogP contribution in [0.5, 0.6) is 0 Å². The highest BCUT2D eigenvalue weighted by atomic mass is 16.2. The van der Waals surface area contributed by atoms with Crippen molar-refractivity contribution in [1.29, 1.82) is 0 Å². The van der Waals surface area contributed by atoms with Crippen molar-refractivity contribution < 1.29 is 4.79 Å². The Hall–Kier alpha value is -5.41. The van der Waals surface area contributed by atoms with Gasteiger partial charge in [0, 0.05) is 42.8 Å². The third-order valence-corrected chi connectivity index (χ3v) is 29.4. The largest absolute Gasteiger partial charge is 0.339 e. The predicted molar refractivity (Wildman–Crippen MR) is 499 cm³/mol. The number of benzene rings is 6. The fourth-order valence-electron chi connectivity index (χ4n) is 19.7. The van der Waals surface area contributed by atoms with E-state index in [0.717, 1.165) is 73.4 Å². The number of hydrogen-bond donors (Lipinski definition) is 0. The highest BCUT2D eigenvalue weighted by Crippen LogP contribution is 2.43. The van der Waals surface area contributed by atoms with Crippen LogP contribution in [0.2, 0.25) is 0 Å². The molecular formula is C109H166N6O. The van der Waals surface area contributed by atoms with Gasteiger partial charge in [0.05, 0.1) is 0 Å². The quantitative estimate of drug-likeness (QED) is 0.136. The van der Waals surface area contributed by atoms with Gasteiger partial charge in [-0.05, 0) is 342 Å². The summed E-state index contributed by atoms with van der Waals surface area (Å²) < 4.78 is 0. The molecule has 10 fully saturated rings. The summed E-state index contributed by atoms with van der Waals surface area (Å²) in [6.45, 7) is 60.5. The molecule has 1 amide bonds. The van der Waals surface area contributed by atoms with Gasteiger partial charge in [-0.2, -0.15) is 0 Å². The molecule has 0 spiro atoms. The van der Waals surface area contributed by atoms with Crippen molar-refractivity contribution in [2.45, 2.75) is 378 Å². The zero-order valence-corrected chi connectivity index (χ0v) is 77.9. The van der Waals surface area contributed by atoms with E-state index >= 15 is 0 Å². The summed E-state index contributed by atoms with van der Waals surface area (Å²) in [6, 6.07) is 58.9. The molecule has 7 heteroatoms. The van der Waals surface area contributed by atoms with E-state index in [1.54, 1.807) is 22.3 Å². The monoisotopic (exact) mass is 1580 g/mol. The second-order valence-corrected chi connectivity index (χ2v) is 44.8. The number of likely N-dealkylation sites (tertiary alicyclic amines) is 6. The zero-order valence-electron chi connectivity index (χ0n) is 77.9. The number of rotatable bonds is 10. The van der Waals surface area contributed by atoms with Crippen LogP contribution in [0, 0.1) is 0 Å². The Balaban J connectivity index is 0.000000137. The molecule has 0 aromatic heterocycles. The van der Waals surface area contributed by atoms with Gasteiger partial charge in [0.25, 0.3) is 5.91 Å². The Kier molecular flexibility index (Phi) is 31.2. The average Bonchev–Trinajstić information content (AvgIpc) is 1.54. The van der Waals surface area contributed by atoms with Crippen LogP contribution in [0.25, 0.3) is 0 Å². The SMILES string of the molecule is CC(C)(C)c1ccc(C(=O)N2CCCCC2)cc1.CC(C)(C)c1ccc(C2(C)CCN(C3CC3)CC2)cc1.CC(C)(C)c1ccc(C2CCN(C3CC3)CC2)cc1.CC(C)(C)c1ccc(C2CCN(C3CCC3)CC2)cc1.CC(C)(C)c1ccc(C2CCN(C3CCCC3)CC2)cc1.CN1CCC(C)(c2ccc(C(C)(C)C)cc2)CC1. The van der Waals surface area contributed by atoms with Gasteiger partial charge in [-0.15, -0.1) is 0 Å². The normalized spacial score (nSPS) is 21.7. The summed E-state index contributed by atoms with van der Waals surface area (Å²) in [5.74, 6) is 2.57. The van der Waals surface area contributed by atoms with Gasteiger partial charge < -0.3 is 29.4 Å². The number of carbonyl (C=O) groups excluding carboxylic acids is 1. The van der Waals surface area contributed by atoms with Crippen LogP contribution >= 0.6 is 0 Å². The summed E-state index contributed by atoms with van der Waals surface area (Å²) in [7, 11) is 2.22. The summed E-state index contributed by atoms with van der Waals surface area (Å²) >= 11 is 0. The molecule has 6 aliphatic heterocycles. The van der Waals surface area contributed by atoms with Crippen molar-refractivity contribution in [1.82, 2.24) is 29.4 Å². The fraction of sp³-hybridized carbons (Fsp3) is 0.661. The first-order valence-corrected chi connectivity index (χ1v) is 47.4. The van der Waals surface area contributed by atoms with Crippen molar-refractivity contribution in [3.8, 4) is 0 Å². The molecular weight excluding hydrogens is 1410 g/mol. The minimum atomic E-state index is 0.146. The molecule has 6 aromatic carbocycles. The molecule has 4 saturated carbocycles. The van der Waals surface area contributed by atoms with Crippen molar-refractivity contribution in [3.63, 3.8) is 0 Å². The van der Waals surface area contributed by atoms with Gasteiger partial charge in [0.1, 0.15) is 0 Å². The molecule has 16 rings (SSSR count). The van der Waals surface area contributed by atoms with Crippen LogP contribution in [0.15, 0.2) is 146 Å². The second kappa shape index (κ2) is 39.6. The minimum Gasteiger partial charge on any atom is -0.339 e. The Morgan fingerprint density at radius 3 is 0.767 bits per heavy atom. The fourth-order valence-corrected chi connectivity index (χ4v) is 19.7. The maximum atomic E-state index is 12.3. The molecule has 0 radical (unpaired) electrons. The van der Waals surface area contributed by atoms with Gasteiger partial charge >= 0.3 is 0 Å². The van der Waals surface area contributed by atoms with E-state index in [1.807, 2.05) is 17.0 Å². The summed E-state index contributed by atoms with van der Waals surface area (Å²) in [5.41, 5.74) is 19.3. The van der Waals surface area contributed by atoms with Crippen molar-refractivity contribution in [2.24, 2.45) is 0 Å². The first-order valence-electron chi connectivity index (χ1n) is 47.4. The first kappa shape index (κ1) is 91.3. The molecule has 4 aliphatic carbocycles. The number of carbonyl (C=O) groups is 1. The van der Waals surface area contributed by atoms with Crippen LogP contribution in [-0.2, 0) is 43.3 Å². The smallest absolute Gasteiger partial charge is 0.253 e. The molecule has 0 N–H and O–H groups in total. The first-order chi connectivity index (χ1) is 54.8. The Morgan fingerprint density at radius 1 is 0.267 bits per heavy atom. The van der Waals surface area contributed by atoms with Crippen LogP contribution in [0.4, 0.5) is 0 Å². The molecule has 638 valence electrons. The van der Waals surface area contributed by atoms with Gasteiger partial charge in [0.2, 0.25) is 0 Å². The zero-order chi connectivity index (χ0) is 83.4. The van der Waals surface area contributed by atoms with E-state index in [9.17, 15) is 4.79 Å². The minimum absolute atomic E-state index is 0.146. The van der Waals surface area contributed by atoms with Crippen LogP contribution in [0.1, 0.15) is 382 Å². The maximum Gasteiger partial charge on any atom is 0.253 e. The van der Waals surface area contributed by atoms with Crippen LogP contribution < -0.4 is 0 Å². The third-order valence-electron chi connectivity index (χ3n) is 29.4. The molecule has 116 heavy (non-hydrogen) atoms. The highest BCUT2D eigenvalue weighted by Gasteiger charge is 2.39. The highest BCUT2D eigenvalue weighted by molar-refractivity contribution is 5.94. The van der Waals surface area contributed by atoms with E-state index in [-0.39, 0.29) is 38.4 Å². The van der Waals surface area contributed by atoms with Crippen molar-refractivity contribution >= 4 is 5.91 Å². The second-order valence-electron chi connectivity index (χ2n) is 44.8. The molecule has 6 saturated heterocycles. The molecule has 6 heterocycles. The van der Waals surface area contributed by atoms with Crippen LogP contribution in [0.3, 0.4) is 0 Å². The third kappa shape index (κ3) is 26.1. The molecule has 7 nitrogen and oxygen atoms in total. The van der Waals surface area contributed by atoms with E-state index in [2.05, 4.69) is 303 Å². The van der Waals surface area contributed by atoms with Crippen molar-refractivity contribution in [2.75, 3.05) is 85.6 Å². The van der Waals surface area contributed by atoms with Crippen LogP contribution in [-0.4, -0.2) is 145 Å².